The molecule has 1 aromatic rings. The maximum Gasteiger partial charge on any atom is 0.331 e. The predicted molar refractivity (Wildman–Crippen MR) is 96.6 cm³/mol. The summed E-state index contributed by atoms with van der Waals surface area (Å²) in [6, 6.07) is 5.61. The summed E-state index contributed by atoms with van der Waals surface area (Å²) in [5.41, 5.74) is 0.791. The third kappa shape index (κ3) is 4.55. The molecule has 0 unspecified atom stereocenters. The maximum atomic E-state index is 11.7. The van der Waals surface area contributed by atoms with Gasteiger partial charge in [-0.15, -0.1) is 5.10 Å². The van der Waals surface area contributed by atoms with E-state index in [9.17, 15) is 9.59 Å². The van der Waals surface area contributed by atoms with E-state index in [1.807, 2.05) is 18.2 Å². The molecule has 1 fully saturated rings. The van der Waals surface area contributed by atoms with E-state index in [0.717, 1.165) is 27.0 Å². The zero-order valence-electron chi connectivity index (χ0n) is 12.2. The summed E-state index contributed by atoms with van der Waals surface area (Å²) in [7, 11) is 2.82. The van der Waals surface area contributed by atoms with Crippen molar-refractivity contribution in [2.24, 2.45) is 10.2 Å². The number of esters is 1. The zero-order valence-corrected chi connectivity index (χ0v) is 15.2. The van der Waals surface area contributed by atoms with Crippen LogP contribution in [0.5, 0.6) is 5.75 Å². The molecule has 0 aliphatic carbocycles. The molecule has 7 nitrogen and oxygen atoms in total. The number of benzene rings is 1. The summed E-state index contributed by atoms with van der Waals surface area (Å²) in [6.07, 6.45) is 2.65. The molecule has 1 amide bonds. The first-order chi connectivity index (χ1) is 11.0. The van der Waals surface area contributed by atoms with E-state index in [-0.39, 0.29) is 10.1 Å². The van der Waals surface area contributed by atoms with Gasteiger partial charge in [0.2, 0.25) is 0 Å². The fourth-order valence-corrected chi connectivity index (χ4v) is 2.95. The van der Waals surface area contributed by atoms with Gasteiger partial charge in [-0.05, 0) is 46.5 Å². The fourth-order valence-electron chi connectivity index (χ4n) is 1.60. The zero-order chi connectivity index (χ0) is 16.8. The lowest BCUT2D eigenvalue weighted by molar-refractivity contribution is -0.135. The van der Waals surface area contributed by atoms with E-state index in [2.05, 4.69) is 42.8 Å². The Morgan fingerprint density at radius 3 is 2.87 bits per heavy atom. The van der Waals surface area contributed by atoms with Crippen molar-refractivity contribution >= 4 is 57.6 Å². The number of carbonyl (C=O) groups excluding carboxylic acids is 2. The Morgan fingerprint density at radius 2 is 2.17 bits per heavy atom. The van der Waals surface area contributed by atoms with E-state index < -0.39 is 11.9 Å². The number of halogens is 1. The number of carbonyl (C=O) groups is 2. The number of ether oxygens (including phenoxy) is 2. The van der Waals surface area contributed by atoms with Crippen molar-refractivity contribution in [1.29, 1.82) is 0 Å². The van der Waals surface area contributed by atoms with Gasteiger partial charge in [-0.25, -0.2) is 4.79 Å². The van der Waals surface area contributed by atoms with Crippen LogP contribution in [-0.4, -0.2) is 37.5 Å². The van der Waals surface area contributed by atoms with E-state index in [1.165, 1.54) is 7.11 Å². The average Bonchev–Trinajstić information content (AvgIpc) is 2.88. The normalized spacial score (nSPS) is 17.8. The summed E-state index contributed by atoms with van der Waals surface area (Å²) in [4.78, 5) is 23.0. The second-order valence-corrected chi connectivity index (χ2v) is 6.29. The van der Waals surface area contributed by atoms with Gasteiger partial charge < -0.3 is 9.47 Å². The molecule has 0 radical (unpaired) electrons. The van der Waals surface area contributed by atoms with Crippen LogP contribution in [0, 0.1) is 3.57 Å². The van der Waals surface area contributed by atoms with Gasteiger partial charge in [0.25, 0.3) is 5.91 Å². The molecule has 0 spiro atoms. The highest BCUT2D eigenvalue weighted by Crippen LogP contribution is 2.24. The Balaban J connectivity index is 2.15. The van der Waals surface area contributed by atoms with Crippen molar-refractivity contribution in [2.45, 2.75) is 0 Å². The Morgan fingerprint density at radius 1 is 1.39 bits per heavy atom. The summed E-state index contributed by atoms with van der Waals surface area (Å²) in [5.74, 6) is -0.340. The molecule has 1 heterocycles. The van der Waals surface area contributed by atoms with Crippen molar-refractivity contribution in [3.05, 3.63) is 38.3 Å². The average molecular weight is 445 g/mol. The van der Waals surface area contributed by atoms with Crippen molar-refractivity contribution < 1.29 is 19.1 Å². The lowest BCUT2D eigenvalue weighted by Crippen LogP contribution is -2.19. The van der Waals surface area contributed by atoms with E-state index in [1.54, 1.807) is 13.3 Å². The van der Waals surface area contributed by atoms with Crippen molar-refractivity contribution in [2.75, 3.05) is 14.2 Å². The highest BCUT2D eigenvalue weighted by molar-refractivity contribution is 14.1. The minimum Gasteiger partial charge on any atom is -0.496 e. The molecule has 0 saturated carbocycles. The quantitative estimate of drug-likeness (QED) is 0.252. The SMILES string of the molecule is COC(=O)/C=C1/S/C(=N\N=Cc2c(I)cccc2OC)NC1=O. The largest absolute Gasteiger partial charge is 0.496 e. The van der Waals surface area contributed by atoms with Gasteiger partial charge in [0, 0.05) is 9.65 Å². The van der Waals surface area contributed by atoms with Crippen LogP contribution >= 0.6 is 34.4 Å². The number of thioether (sulfide) groups is 1. The lowest BCUT2D eigenvalue weighted by Gasteiger charge is -2.04. The summed E-state index contributed by atoms with van der Waals surface area (Å²) >= 11 is 3.18. The number of amides is 1. The number of methoxy groups -OCH3 is 2. The second-order valence-electron chi connectivity index (χ2n) is 4.09. The molecule has 1 saturated heterocycles. The summed E-state index contributed by atoms with van der Waals surface area (Å²) in [6.45, 7) is 0. The van der Waals surface area contributed by atoms with Gasteiger partial charge in [-0.1, -0.05) is 6.07 Å². The smallest absolute Gasteiger partial charge is 0.331 e. The molecule has 1 aliphatic rings. The van der Waals surface area contributed by atoms with Crippen molar-refractivity contribution in [3.8, 4) is 5.75 Å². The van der Waals surface area contributed by atoms with Gasteiger partial charge in [-0.3, -0.25) is 10.1 Å². The van der Waals surface area contributed by atoms with Gasteiger partial charge >= 0.3 is 5.97 Å². The molecule has 23 heavy (non-hydrogen) atoms. The molecule has 120 valence electrons. The van der Waals surface area contributed by atoms with Crippen molar-refractivity contribution in [1.82, 2.24) is 5.32 Å². The number of amidine groups is 1. The molecular weight excluding hydrogens is 433 g/mol. The standard InChI is InChI=1S/C14H12IN3O4S/c1-21-10-5-3-4-9(15)8(10)7-16-18-14-17-13(20)11(23-14)6-12(19)22-2/h3-7H,1-2H3,(H,17,18,20)/b11-6+,16-7?. The van der Waals surface area contributed by atoms with Gasteiger partial charge in [0.1, 0.15) is 5.75 Å². The minimum atomic E-state index is -0.601. The first-order valence-electron chi connectivity index (χ1n) is 6.27. The number of nitrogens with zero attached hydrogens (tertiary/aromatic N) is 2. The highest BCUT2D eigenvalue weighted by Gasteiger charge is 2.25. The first kappa shape index (κ1) is 17.5. The van der Waals surface area contributed by atoms with Crippen LogP contribution in [0.1, 0.15) is 5.56 Å². The Bertz CT molecular complexity index is 731. The molecule has 1 aromatic carbocycles. The van der Waals surface area contributed by atoms with Crippen LogP contribution in [0.3, 0.4) is 0 Å². The van der Waals surface area contributed by atoms with E-state index >= 15 is 0 Å². The van der Waals surface area contributed by atoms with Gasteiger partial charge in [0.15, 0.2) is 5.17 Å². The summed E-state index contributed by atoms with van der Waals surface area (Å²) in [5, 5.41) is 10.7. The molecule has 0 bridgehead atoms. The van der Waals surface area contributed by atoms with Gasteiger partial charge in [-0.2, -0.15) is 5.10 Å². The van der Waals surface area contributed by atoms with Crippen LogP contribution in [0.2, 0.25) is 0 Å². The highest BCUT2D eigenvalue weighted by atomic mass is 127. The third-order valence-electron chi connectivity index (χ3n) is 2.67. The van der Waals surface area contributed by atoms with E-state index in [0.29, 0.717) is 5.75 Å². The van der Waals surface area contributed by atoms with Crippen LogP contribution < -0.4 is 10.1 Å². The van der Waals surface area contributed by atoms with Crippen molar-refractivity contribution in [3.63, 3.8) is 0 Å². The predicted octanol–water partition coefficient (Wildman–Crippen LogP) is 1.91. The maximum absolute atomic E-state index is 11.7. The molecule has 9 heteroatoms. The monoisotopic (exact) mass is 445 g/mol. The number of hydrogen-bond donors (Lipinski definition) is 1. The van der Waals surface area contributed by atoms with E-state index in [4.69, 9.17) is 4.74 Å². The Labute approximate surface area is 150 Å². The molecule has 1 aliphatic heterocycles. The van der Waals surface area contributed by atoms with Crippen LogP contribution in [-0.2, 0) is 14.3 Å². The number of rotatable bonds is 4. The topological polar surface area (TPSA) is 89.3 Å². The Kier molecular flexibility index (Phi) is 6.16. The summed E-state index contributed by atoms with van der Waals surface area (Å²) < 4.78 is 10.7. The third-order valence-corrected chi connectivity index (χ3v) is 4.51. The van der Waals surface area contributed by atoms with Crippen LogP contribution in [0.15, 0.2) is 39.4 Å². The Hall–Kier alpha value is -1.88. The second kappa shape index (κ2) is 8.11. The lowest BCUT2D eigenvalue weighted by atomic mass is 10.2. The van der Waals surface area contributed by atoms with Crippen LogP contribution in [0.4, 0.5) is 0 Å². The fraction of sp³-hybridized carbons (Fsp3) is 0.143. The number of nitrogens with one attached hydrogen (secondary N) is 1. The molecule has 1 N–H and O–H groups in total. The first-order valence-corrected chi connectivity index (χ1v) is 8.17. The van der Waals surface area contributed by atoms with Crippen LogP contribution in [0.25, 0.3) is 0 Å². The minimum absolute atomic E-state index is 0.206. The molecule has 0 atom stereocenters. The molecular formula is C14H12IN3O4S. The molecule has 2 rings (SSSR count). The number of hydrogen-bond acceptors (Lipinski definition) is 7. The molecule has 0 aromatic heterocycles. The van der Waals surface area contributed by atoms with Gasteiger partial charge in [0.05, 0.1) is 30.9 Å².